The Hall–Kier alpha value is -1.19. The summed E-state index contributed by atoms with van der Waals surface area (Å²) in [6.07, 6.45) is -0.306. The number of rotatable bonds is 10. The first-order chi connectivity index (χ1) is 8.83. The van der Waals surface area contributed by atoms with Gasteiger partial charge in [0.25, 0.3) is 0 Å². The van der Waals surface area contributed by atoms with Gasteiger partial charge in [-0.1, -0.05) is 0 Å². The molecule has 0 rings (SSSR count). The van der Waals surface area contributed by atoms with E-state index in [9.17, 15) is 18.0 Å². The standard InChI is InChI=1S/C10H19NO7S/c1-3-18-10(14)4-7-19(15,16)11(5-6-17-2)8-9(12)13/h3-8H2,1-2H3,(H,12,13). The van der Waals surface area contributed by atoms with Gasteiger partial charge < -0.3 is 14.6 Å². The van der Waals surface area contributed by atoms with E-state index < -0.39 is 34.3 Å². The molecule has 19 heavy (non-hydrogen) atoms. The molecule has 0 amide bonds. The van der Waals surface area contributed by atoms with Crippen molar-refractivity contribution in [3.05, 3.63) is 0 Å². The highest BCUT2D eigenvalue weighted by Gasteiger charge is 2.25. The number of carboxylic acids is 1. The first kappa shape index (κ1) is 17.8. The van der Waals surface area contributed by atoms with E-state index in [1.165, 1.54) is 7.11 Å². The van der Waals surface area contributed by atoms with Crippen LogP contribution >= 0.6 is 0 Å². The molecule has 112 valence electrons. The predicted molar refractivity (Wildman–Crippen MR) is 66.1 cm³/mol. The number of carboxylic acid groups (broad SMARTS) is 1. The summed E-state index contributed by atoms with van der Waals surface area (Å²) in [6.45, 7) is 1.12. The van der Waals surface area contributed by atoms with E-state index in [1.54, 1.807) is 6.92 Å². The highest BCUT2D eigenvalue weighted by Crippen LogP contribution is 2.04. The van der Waals surface area contributed by atoms with Gasteiger partial charge in [0, 0.05) is 13.7 Å². The van der Waals surface area contributed by atoms with Gasteiger partial charge in [0.1, 0.15) is 6.54 Å². The van der Waals surface area contributed by atoms with E-state index in [0.29, 0.717) is 0 Å². The van der Waals surface area contributed by atoms with Crippen molar-refractivity contribution in [2.24, 2.45) is 0 Å². The van der Waals surface area contributed by atoms with Crippen LogP contribution in [0.2, 0.25) is 0 Å². The molecule has 0 fully saturated rings. The summed E-state index contributed by atoms with van der Waals surface area (Å²) in [5, 5.41) is 8.67. The Morgan fingerprint density at radius 1 is 1.32 bits per heavy atom. The maximum absolute atomic E-state index is 11.9. The minimum Gasteiger partial charge on any atom is -0.480 e. The van der Waals surface area contributed by atoms with Crippen molar-refractivity contribution in [2.45, 2.75) is 13.3 Å². The molecule has 0 aromatic carbocycles. The second kappa shape index (κ2) is 8.83. The molecule has 0 bridgehead atoms. The average molecular weight is 297 g/mol. The van der Waals surface area contributed by atoms with Crippen LogP contribution in [-0.2, 0) is 29.1 Å². The second-order valence-electron chi connectivity index (χ2n) is 3.59. The Kier molecular flexibility index (Phi) is 8.28. The molecule has 1 N–H and O–H groups in total. The summed E-state index contributed by atoms with van der Waals surface area (Å²) in [5.41, 5.74) is 0. The quantitative estimate of drug-likeness (QED) is 0.531. The summed E-state index contributed by atoms with van der Waals surface area (Å²) >= 11 is 0. The van der Waals surface area contributed by atoms with Crippen molar-refractivity contribution in [3.63, 3.8) is 0 Å². The van der Waals surface area contributed by atoms with Crippen molar-refractivity contribution < 1.29 is 32.6 Å². The lowest BCUT2D eigenvalue weighted by Crippen LogP contribution is -2.39. The second-order valence-corrected chi connectivity index (χ2v) is 5.68. The van der Waals surface area contributed by atoms with Gasteiger partial charge >= 0.3 is 11.9 Å². The number of hydrogen-bond donors (Lipinski definition) is 1. The van der Waals surface area contributed by atoms with Crippen LogP contribution in [0.1, 0.15) is 13.3 Å². The fourth-order valence-electron chi connectivity index (χ4n) is 1.24. The van der Waals surface area contributed by atoms with Crippen molar-refractivity contribution >= 4 is 22.0 Å². The van der Waals surface area contributed by atoms with Gasteiger partial charge in [-0.05, 0) is 6.92 Å². The van der Waals surface area contributed by atoms with Crippen molar-refractivity contribution in [2.75, 3.05) is 39.2 Å². The summed E-state index contributed by atoms with van der Waals surface area (Å²) in [7, 11) is -2.45. The summed E-state index contributed by atoms with van der Waals surface area (Å²) in [6, 6.07) is 0. The highest BCUT2D eigenvalue weighted by molar-refractivity contribution is 7.89. The highest BCUT2D eigenvalue weighted by atomic mass is 32.2. The zero-order valence-corrected chi connectivity index (χ0v) is 11.8. The van der Waals surface area contributed by atoms with Gasteiger partial charge in [-0.3, -0.25) is 9.59 Å². The van der Waals surface area contributed by atoms with Crippen LogP contribution in [0.15, 0.2) is 0 Å². The molecule has 0 aromatic heterocycles. The van der Waals surface area contributed by atoms with Crippen LogP contribution < -0.4 is 0 Å². The molecule has 0 radical (unpaired) electrons. The van der Waals surface area contributed by atoms with Gasteiger partial charge in [0.15, 0.2) is 0 Å². The van der Waals surface area contributed by atoms with Crippen LogP contribution in [0.3, 0.4) is 0 Å². The molecular formula is C10H19NO7S. The van der Waals surface area contributed by atoms with E-state index in [4.69, 9.17) is 9.84 Å². The topological polar surface area (TPSA) is 110 Å². The summed E-state index contributed by atoms with van der Waals surface area (Å²) < 4.78 is 33.9. The largest absolute Gasteiger partial charge is 0.480 e. The molecule has 0 saturated heterocycles. The molecule has 0 aliphatic rings. The van der Waals surface area contributed by atoms with Crippen LogP contribution in [0.25, 0.3) is 0 Å². The first-order valence-corrected chi connectivity index (χ1v) is 7.28. The third-order valence-electron chi connectivity index (χ3n) is 2.12. The van der Waals surface area contributed by atoms with E-state index in [-0.39, 0.29) is 26.2 Å². The minimum atomic E-state index is -3.83. The molecular weight excluding hydrogens is 278 g/mol. The van der Waals surface area contributed by atoms with Gasteiger partial charge in [0.05, 0.1) is 25.4 Å². The molecule has 0 saturated carbocycles. The lowest BCUT2D eigenvalue weighted by molar-refractivity contribution is -0.142. The van der Waals surface area contributed by atoms with Crippen molar-refractivity contribution in [1.29, 1.82) is 0 Å². The number of ether oxygens (including phenoxy) is 2. The number of carbonyl (C=O) groups is 2. The summed E-state index contributed by atoms with van der Waals surface area (Å²) in [4.78, 5) is 21.7. The van der Waals surface area contributed by atoms with E-state index >= 15 is 0 Å². The Labute approximate surface area is 112 Å². The third kappa shape index (κ3) is 7.75. The maximum Gasteiger partial charge on any atom is 0.318 e. The zero-order valence-electron chi connectivity index (χ0n) is 11.0. The Morgan fingerprint density at radius 3 is 2.42 bits per heavy atom. The molecule has 0 aromatic rings. The fourth-order valence-corrected chi connectivity index (χ4v) is 2.58. The third-order valence-corrected chi connectivity index (χ3v) is 3.94. The maximum atomic E-state index is 11.9. The van der Waals surface area contributed by atoms with Gasteiger partial charge in [-0.2, -0.15) is 4.31 Å². The number of sulfonamides is 1. The molecule has 0 unspecified atom stereocenters. The average Bonchev–Trinajstić information content (AvgIpc) is 2.32. The minimum absolute atomic E-state index is 0.0753. The number of aliphatic carboxylic acids is 1. The SMILES string of the molecule is CCOC(=O)CCS(=O)(=O)N(CCOC)CC(=O)O. The number of nitrogens with zero attached hydrogens (tertiary/aromatic N) is 1. The van der Waals surface area contributed by atoms with Gasteiger partial charge in [0.2, 0.25) is 10.0 Å². The summed E-state index contributed by atoms with van der Waals surface area (Å²) in [5.74, 6) is -2.38. The number of methoxy groups -OCH3 is 1. The Morgan fingerprint density at radius 2 is 1.95 bits per heavy atom. The normalized spacial score (nSPS) is 11.5. The number of esters is 1. The lowest BCUT2D eigenvalue weighted by Gasteiger charge is -2.19. The molecule has 0 aliphatic heterocycles. The van der Waals surface area contributed by atoms with E-state index in [1.807, 2.05) is 0 Å². The van der Waals surface area contributed by atoms with Crippen molar-refractivity contribution in [1.82, 2.24) is 4.31 Å². The first-order valence-electron chi connectivity index (χ1n) is 5.67. The fraction of sp³-hybridized carbons (Fsp3) is 0.800. The number of hydrogen-bond acceptors (Lipinski definition) is 6. The number of carbonyl (C=O) groups excluding carboxylic acids is 1. The zero-order chi connectivity index (χ0) is 14.9. The molecule has 0 spiro atoms. The van der Waals surface area contributed by atoms with E-state index in [0.717, 1.165) is 4.31 Å². The predicted octanol–water partition coefficient (Wildman–Crippen LogP) is -0.698. The lowest BCUT2D eigenvalue weighted by atomic mass is 10.5. The van der Waals surface area contributed by atoms with Gasteiger partial charge in [-0.25, -0.2) is 8.42 Å². The molecule has 0 aliphatic carbocycles. The van der Waals surface area contributed by atoms with E-state index in [2.05, 4.69) is 4.74 Å². The Balaban J connectivity index is 4.58. The smallest absolute Gasteiger partial charge is 0.318 e. The molecule has 0 atom stereocenters. The van der Waals surface area contributed by atoms with Gasteiger partial charge in [-0.15, -0.1) is 0 Å². The van der Waals surface area contributed by atoms with Crippen LogP contribution in [-0.4, -0.2) is 68.9 Å². The molecule has 9 heteroatoms. The van der Waals surface area contributed by atoms with Crippen LogP contribution in [0, 0.1) is 0 Å². The monoisotopic (exact) mass is 297 g/mol. The molecule has 8 nitrogen and oxygen atoms in total. The van der Waals surface area contributed by atoms with Crippen molar-refractivity contribution in [3.8, 4) is 0 Å². The Bertz CT molecular complexity index is 393. The van der Waals surface area contributed by atoms with Crippen LogP contribution in [0.4, 0.5) is 0 Å². The molecule has 0 heterocycles. The van der Waals surface area contributed by atoms with Crippen LogP contribution in [0.5, 0.6) is 0 Å².